The molecule has 1 unspecified atom stereocenters. The zero-order chi connectivity index (χ0) is 30.1. The van der Waals surface area contributed by atoms with Gasteiger partial charge in [0.15, 0.2) is 11.4 Å². The average Bonchev–Trinajstić information content (AvgIpc) is 3.52. The summed E-state index contributed by atoms with van der Waals surface area (Å²) >= 11 is 0. The van der Waals surface area contributed by atoms with Gasteiger partial charge < -0.3 is 25.2 Å². The molecular formula is C26H35N6O8P. The average molecular weight is 591 g/mol. The van der Waals surface area contributed by atoms with Crippen molar-refractivity contribution >= 4 is 30.8 Å². The fourth-order valence-electron chi connectivity index (χ4n) is 5.14. The minimum atomic E-state index is -4.39. The lowest BCUT2D eigenvalue weighted by Gasteiger charge is -2.35. The van der Waals surface area contributed by atoms with Gasteiger partial charge in [0.05, 0.1) is 17.4 Å². The molecule has 4 rings (SSSR count). The van der Waals surface area contributed by atoms with Crippen molar-refractivity contribution in [1.82, 2.24) is 19.7 Å². The number of aromatic nitrogens is 3. The van der Waals surface area contributed by atoms with Crippen molar-refractivity contribution < 1.29 is 28.0 Å². The van der Waals surface area contributed by atoms with Gasteiger partial charge >= 0.3 is 7.82 Å². The Morgan fingerprint density at radius 3 is 2.49 bits per heavy atom. The Balaban J connectivity index is 1.71. The van der Waals surface area contributed by atoms with Gasteiger partial charge in [0.25, 0.3) is 16.8 Å². The van der Waals surface area contributed by atoms with Crippen LogP contribution in [0.2, 0.25) is 0 Å². The number of nitrogens with one attached hydrogen (secondary N) is 2. The van der Waals surface area contributed by atoms with Crippen LogP contribution in [-0.2, 0) is 20.7 Å². The van der Waals surface area contributed by atoms with Crippen LogP contribution >= 0.6 is 7.82 Å². The van der Waals surface area contributed by atoms with E-state index in [4.69, 9.17) is 9.26 Å². The van der Waals surface area contributed by atoms with Crippen molar-refractivity contribution in [2.75, 3.05) is 38.6 Å². The van der Waals surface area contributed by atoms with Crippen LogP contribution in [-0.4, -0.2) is 58.5 Å². The molecule has 3 aromatic rings. The van der Waals surface area contributed by atoms with Gasteiger partial charge in [-0.3, -0.25) is 23.6 Å². The first-order valence-corrected chi connectivity index (χ1v) is 14.5. The number of nitrogens with zero attached hydrogens (tertiary/aromatic N) is 4. The highest BCUT2D eigenvalue weighted by molar-refractivity contribution is 7.47. The van der Waals surface area contributed by atoms with E-state index in [0.717, 1.165) is 44.1 Å². The molecule has 0 aliphatic heterocycles. The predicted octanol–water partition coefficient (Wildman–Crippen LogP) is 3.00. The van der Waals surface area contributed by atoms with Gasteiger partial charge in [0.1, 0.15) is 11.4 Å². The summed E-state index contributed by atoms with van der Waals surface area (Å²) in [5.41, 5.74) is 0.166. The summed E-state index contributed by atoms with van der Waals surface area (Å²) in [6.07, 6.45) is 7.18. The molecule has 15 heteroatoms. The zero-order valence-electron chi connectivity index (χ0n) is 23.9. The van der Waals surface area contributed by atoms with Gasteiger partial charge in [-0.05, 0) is 36.8 Å². The normalized spacial score (nSPS) is 16.8. The van der Waals surface area contributed by atoms with E-state index in [-0.39, 0.29) is 40.0 Å². The van der Waals surface area contributed by atoms with Crippen LogP contribution in [0.15, 0.2) is 28.0 Å². The molecule has 2 aromatic heterocycles. The van der Waals surface area contributed by atoms with E-state index in [1.54, 1.807) is 4.68 Å². The van der Waals surface area contributed by atoms with Crippen LogP contribution in [0.5, 0.6) is 5.75 Å². The monoisotopic (exact) mass is 590 g/mol. The second-order valence-corrected chi connectivity index (χ2v) is 12.2. The van der Waals surface area contributed by atoms with E-state index in [1.807, 2.05) is 20.2 Å². The Morgan fingerprint density at radius 1 is 1.24 bits per heavy atom. The minimum absolute atomic E-state index is 0.0138. The molecule has 1 amide bonds. The van der Waals surface area contributed by atoms with Gasteiger partial charge in [-0.1, -0.05) is 19.8 Å². The van der Waals surface area contributed by atoms with Crippen molar-refractivity contribution in [3.05, 3.63) is 55.9 Å². The summed E-state index contributed by atoms with van der Waals surface area (Å²) in [7, 11) is 1.46. The van der Waals surface area contributed by atoms with Crippen LogP contribution in [0.3, 0.4) is 0 Å². The quantitative estimate of drug-likeness (QED) is 0.160. The first-order chi connectivity index (χ1) is 19.3. The van der Waals surface area contributed by atoms with Gasteiger partial charge in [0.2, 0.25) is 6.79 Å². The maximum absolute atomic E-state index is 12.9. The Labute approximate surface area is 236 Å². The number of phosphoric acid groups is 1. The number of carbonyl (C=O) groups excluding carboxylic acids is 1. The molecule has 14 nitrogen and oxygen atoms in total. The van der Waals surface area contributed by atoms with Gasteiger partial charge in [-0.15, -0.1) is 0 Å². The first-order valence-electron chi connectivity index (χ1n) is 13.0. The largest absolute Gasteiger partial charge is 0.474 e. The third kappa shape index (κ3) is 6.20. The molecule has 0 spiro atoms. The highest BCUT2D eigenvalue weighted by Gasteiger charge is 2.41. The summed E-state index contributed by atoms with van der Waals surface area (Å²) in [5, 5.41) is 10.9. The van der Waals surface area contributed by atoms with Crippen LogP contribution in [0, 0.1) is 12.3 Å². The van der Waals surface area contributed by atoms with Crippen LogP contribution in [0.25, 0.3) is 0 Å². The van der Waals surface area contributed by atoms with E-state index >= 15 is 0 Å². The first kappa shape index (κ1) is 30.4. The maximum atomic E-state index is 12.9. The SMILES string of the molecule is COP(=O)(O)OCOc1c(Nc2c(N[C@@H](c3nn(C)cc3C)C3(C)CCCC3)c(=O)c2=O)ccnc1C(=O)N(C)C. The van der Waals surface area contributed by atoms with Crippen LogP contribution in [0.1, 0.15) is 60.4 Å². The summed E-state index contributed by atoms with van der Waals surface area (Å²) in [6.45, 7) is 3.34. The summed E-state index contributed by atoms with van der Waals surface area (Å²) < 4.78 is 28.2. The van der Waals surface area contributed by atoms with Crippen LogP contribution < -0.4 is 26.2 Å². The van der Waals surface area contributed by atoms with Crippen LogP contribution in [0.4, 0.5) is 17.1 Å². The third-order valence-electron chi connectivity index (χ3n) is 7.39. The number of hydrogen-bond acceptors (Lipinski definition) is 11. The molecule has 1 aliphatic rings. The number of pyridine rings is 1. The van der Waals surface area contributed by atoms with E-state index in [9.17, 15) is 23.8 Å². The molecular weight excluding hydrogens is 555 g/mol. The predicted molar refractivity (Wildman–Crippen MR) is 151 cm³/mol. The number of hydrogen-bond donors (Lipinski definition) is 3. The molecule has 0 bridgehead atoms. The number of carbonyl (C=O) groups is 1. The molecule has 0 radical (unpaired) electrons. The molecule has 1 saturated carbocycles. The van der Waals surface area contributed by atoms with Crippen molar-refractivity contribution in [3.63, 3.8) is 0 Å². The second-order valence-electron chi connectivity index (χ2n) is 10.6. The fraction of sp³-hybridized carbons (Fsp3) is 0.500. The van der Waals surface area contributed by atoms with Crippen molar-refractivity contribution in [3.8, 4) is 5.75 Å². The highest BCUT2D eigenvalue weighted by Crippen LogP contribution is 2.49. The molecule has 222 valence electrons. The zero-order valence-corrected chi connectivity index (χ0v) is 24.8. The number of amides is 1. The van der Waals surface area contributed by atoms with Crippen molar-refractivity contribution in [1.29, 1.82) is 0 Å². The Kier molecular flexibility index (Phi) is 8.69. The molecule has 41 heavy (non-hydrogen) atoms. The molecule has 2 heterocycles. The third-order valence-corrected chi connectivity index (χ3v) is 8.28. The summed E-state index contributed by atoms with van der Waals surface area (Å²) in [4.78, 5) is 53.4. The standard InChI is InChI=1S/C26H35N6O8P/c1-15-13-32(5)30-17(15)24(26(2)10-7-8-11-26)29-19-18(21(33)22(19)34)28-16-9-12-27-20(25(35)31(3)4)23(16)39-14-40-41(36,37)38-6/h9,12-13,24,29H,7-8,10-11,14H2,1-6H3,(H,27,28)(H,36,37)/t24-/m0/s1. The molecule has 1 aliphatic carbocycles. The molecule has 1 fully saturated rings. The van der Waals surface area contributed by atoms with Gasteiger partial charge in [0, 0.05) is 40.6 Å². The molecule has 2 atom stereocenters. The van der Waals surface area contributed by atoms with E-state index in [0.29, 0.717) is 0 Å². The molecule has 0 saturated heterocycles. The smallest absolute Gasteiger partial charge is 0.462 e. The van der Waals surface area contributed by atoms with E-state index < -0.39 is 31.4 Å². The topological polar surface area (TPSA) is 174 Å². The van der Waals surface area contributed by atoms with Gasteiger partial charge in [-0.2, -0.15) is 5.10 Å². The summed E-state index contributed by atoms with van der Waals surface area (Å²) in [6, 6.07) is 1.10. The fourth-order valence-corrected chi connectivity index (χ4v) is 5.43. The molecule has 3 N–H and O–H groups in total. The van der Waals surface area contributed by atoms with Crippen molar-refractivity contribution in [2.24, 2.45) is 12.5 Å². The lowest BCUT2D eigenvalue weighted by molar-refractivity contribution is 0.0712. The van der Waals surface area contributed by atoms with E-state index in [2.05, 4.69) is 32.2 Å². The second kappa shape index (κ2) is 11.7. The van der Waals surface area contributed by atoms with Gasteiger partial charge in [-0.25, -0.2) is 14.1 Å². The Bertz CT molecular complexity index is 1550. The lowest BCUT2D eigenvalue weighted by Crippen LogP contribution is -2.40. The lowest BCUT2D eigenvalue weighted by atomic mass is 9.78. The number of aryl methyl sites for hydroxylation is 2. The number of ether oxygens (including phenoxy) is 1. The molecule has 1 aromatic carbocycles. The summed E-state index contributed by atoms with van der Waals surface area (Å²) in [5.74, 6) is -0.688. The van der Waals surface area contributed by atoms with Crippen molar-refractivity contribution in [2.45, 2.75) is 45.6 Å². The number of rotatable bonds is 12. The Morgan fingerprint density at radius 2 is 1.90 bits per heavy atom. The highest BCUT2D eigenvalue weighted by atomic mass is 31.2. The number of phosphoric ester groups is 1. The Hall–Kier alpha value is -3.58. The number of anilines is 3. The maximum Gasteiger partial charge on any atom is 0.474 e. The minimum Gasteiger partial charge on any atom is -0.462 e. The van der Waals surface area contributed by atoms with E-state index in [1.165, 1.54) is 31.3 Å².